The Morgan fingerprint density at radius 1 is 1.50 bits per heavy atom. The number of nitrogens with one attached hydrogen (secondary N) is 3. The summed E-state index contributed by atoms with van der Waals surface area (Å²) in [6.45, 7) is 1.56. The number of hydrogen-bond donors (Lipinski definition) is 4. The highest BCUT2D eigenvalue weighted by Gasteiger charge is 2.11. The highest BCUT2D eigenvalue weighted by atomic mass is 16.4. The van der Waals surface area contributed by atoms with E-state index in [1.165, 1.54) is 17.1 Å². The Kier molecular flexibility index (Phi) is 3.99. The van der Waals surface area contributed by atoms with Crippen LogP contribution in [0.25, 0.3) is 0 Å². The summed E-state index contributed by atoms with van der Waals surface area (Å²) < 4.78 is 1.22. The average molecular weight is 278 g/mol. The molecule has 0 aliphatic heterocycles. The first-order valence-electron chi connectivity index (χ1n) is 5.85. The van der Waals surface area contributed by atoms with Gasteiger partial charge >= 0.3 is 12.0 Å². The molecule has 0 aliphatic rings. The zero-order valence-corrected chi connectivity index (χ0v) is 10.7. The van der Waals surface area contributed by atoms with Crippen LogP contribution in [0.1, 0.15) is 18.5 Å². The summed E-state index contributed by atoms with van der Waals surface area (Å²) in [4.78, 5) is 22.3. The third-order valence-corrected chi connectivity index (χ3v) is 2.56. The van der Waals surface area contributed by atoms with Gasteiger partial charge in [-0.2, -0.15) is 10.2 Å². The van der Waals surface area contributed by atoms with Gasteiger partial charge in [-0.3, -0.25) is 14.6 Å². The van der Waals surface area contributed by atoms with E-state index in [1.807, 2.05) is 6.92 Å². The number of aromatic amines is 1. The average Bonchev–Trinajstić information content (AvgIpc) is 2.99. The van der Waals surface area contributed by atoms with Crippen molar-refractivity contribution in [1.82, 2.24) is 25.3 Å². The van der Waals surface area contributed by atoms with Crippen LogP contribution in [-0.4, -0.2) is 37.1 Å². The molecule has 0 aliphatic carbocycles. The van der Waals surface area contributed by atoms with Crippen molar-refractivity contribution in [1.29, 1.82) is 0 Å². The van der Waals surface area contributed by atoms with Crippen LogP contribution in [0.4, 0.5) is 10.5 Å². The second-order valence-electron chi connectivity index (χ2n) is 4.17. The van der Waals surface area contributed by atoms with Crippen molar-refractivity contribution in [3.05, 3.63) is 30.4 Å². The number of hydrogen-bond acceptors (Lipinski definition) is 4. The summed E-state index contributed by atoms with van der Waals surface area (Å²) >= 11 is 0. The largest absolute Gasteiger partial charge is 0.480 e. The number of carbonyl (C=O) groups excluding carboxylic acids is 1. The van der Waals surface area contributed by atoms with Crippen molar-refractivity contribution in [3.8, 4) is 0 Å². The molecule has 0 fully saturated rings. The fourth-order valence-electron chi connectivity index (χ4n) is 1.60. The topological polar surface area (TPSA) is 125 Å². The molecule has 0 aromatic carbocycles. The Morgan fingerprint density at radius 2 is 2.30 bits per heavy atom. The molecule has 20 heavy (non-hydrogen) atoms. The van der Waals surface area contributed by atoms with E-state index in [1.54, 1.807) is 12.4 Å². The maximum atomic E-state index is 11.7. The molecule has 9 nitrogen and oxygen atoms in total. The third-order valence-electron chi connectivity index (χ3n) is 2.56. The van der Waals surface area contributed by atoms with Crippen molar-refractivity contribution in [2.45, 2.75) is 19.5 Å². The van der Waals surface area contributed by atoms with E-state index in [-0.39, 0.29) is 12.6 Å². The minimum atomic E-state index is -1.00. The van der Waals surface area contributed by atoms with Crippen LogP contribution in [-0.2, 0) is 11.3 Å². The molecule has 2 aromatic rings. The maximum Gasteiger partial charge on any atom is 0.325 e. The molecule has 0 radical (unpaired) electrons. The first-order chi connectivity index (χ1) is 9.54. The minimum Gasteiger partial charge on any atom is -0.480 e. The van der Waals surface area contributed by atoms with Crippen LogP contribution in [0.3, 0.4) is 0 Å². The number of carbonyl (C=O) groups is 2. The molecule has 2 rings (SSSR count). The molecule has 2 heterocycles. The summed E-state index contributed by atoms with van der Waals surface area (Å²) in [6.07, 6.45) is 6.13. The highest BCUT2D eigenvalue weighted by molar-refractivity contribution is 5.89. The summed E-state index contributed by atoms with van der Waals surface area (Å²) in [7, 11) is 0. The van der Waals surface area contributed by atoms with E-state index < -0.39 is 12.0 Å². The third kappa shape index (κ3) is 3.57. The van der Waals surface area contributed by atoms with Gasteiger partial charge in [-0.15, -0.1) is 0 Å². The molecule has 0 bridgehead atoms. The number of rotatable bonds is 5. The Balaban J connectivity index is 1.88. The SMILES string of the molecule is CC(NC(=O)Nc1cnn(CC(=O)O)c1)c1cn[nH]c1. The lowest BCUT2D eigenvalue weighted by Gasteiger charge is -2.12. The molecule has 1 atom stereocenters. The minimum absolute atomic E-state index is 0.206. The second-order valence-corrected chi connectivity index (χ2v) is 4.17. The summed E-state index contributed by atoms with van der Waals surface area (Å²) in [6, 6.07) is -0.614. The van der Waals surface area contributed by atoms with Crippen molar-refractivity contribution in [3.63, 3.8) is 0 Å². The van der Waals surface area contributed by atoms with Crippen molar-refractivity contribution < 1.29 is 14.7 Å². The van der Waals surface area contributed by atoms with Gasteiger partial charge < -0.3 is 15.7 Å². The Labute approximate surface area is 114 Å². The molecule has 0 spiro atoms. The fraction of sp³-hybridized carbons (Fsp3) is 0.273. The number of aliphatic carboxylic acids is 1. The quantitative estimate of drug-likeness (QED) is 0.636. The number of carboxylic acids is 1. The summed E-state index contributed by atoms with van der Waals surface area (Å²) in [5.74, 6) is -1.00. The lowest BCUT2D eigenvalue weighted by molar-refractivity contribution is -0.137. The molecular weight excluding hydrogens is 264 g/mol. The Bertz CT molecular complexity index is 591. The molecule has 2 aromatic heterocycles. The van der Waals surface area contributed by atoms with Crippen LogP contribution >= 0.6 is 0 Å². The Morgan fingerprint density at radius 3 is 2.95 bits per heavy atom. The van der Waals surface area contributed by atoms with Gasteiger partial charge in [-0.05, 0) is 6.92 Å². The highest BCUT2D eigenvalue weighted by Crippen LogP contribution is 2.10. The number of anilines is 1. The number of amides is 2. The standard InChI is InChI=1S/C11H14N6O3/c1-7(8-2-12-13-3-8)15-11(20)16-9-4-14-17(5-9)6-10(18)19/h2-5,7H,6H2,1H3,(H,12,13)(H,18,19)(H2,15,16,20). The molecule has 106 valence electrons. The van der Waals surface area contributed by atoms with Gasteiger partial charge in [-0.1, -0.05) is 0 Å². The maximum absolute atomic E-state index is 11.7. The van der Waals surface area contributed by atoms with Crippen LogP contribution in [0.5, 0.6) is 0 Å². The van der Waals surface area contributed by atoms with Crippen molar-refractivity contribution in [2.75, 3.05) is 5.32 Å². The smallest absolute Gasteiger partial charge is 0.325 e. The van der Waals surface area contributed by atoms with Crippen LogP contribution in [0, 0.1) is 0 Å². The van der Waals surface area contributed by atoms with Crippen molar-refractivity contribution >= 4 is 17.7 Å². The second kappa shape index (κ2) is 5.87. The van der Waals surface area contributed by atoms with Gasteiger partial charge in [0.05, 0.1) is 24.1 Å². The van der Waals surface area contributed by atoms with Gasteiger partial charge in [0.2, 0.25) is 0 Å². The predicted molar refractivity (Wildman–Crippen MR) is 69.0 cm³/mol. The Hall–Kier alpha value is -2.84. The van der Waals surface area contributed by atoms with E-state index in [4.69, 9.17) is 5.11 Å². The number of carboxylic acid groups (broad SMARTS) is 1. The van der Waals surface area contributed by atoms with Gasteiger partial charge in [0.1, 0.15) is 6.54 Å². The van der Waals surface area contributed by atoms with E-state index in [0.29, 0.717) is 5.69 Å². The fourth-order valence-corrected chi connectivity index (χ4v) is 1.60. The molecule has 4 N–H and O–H groups in total. The summed E-state index contributed by atoms with van der Waals surface area (Å²) in [5.41, 5.74) is 1.27. The van der Waals surface area contributed by atoms with E-state index in [0.717, 1.165) is 5.56 Å². The van der Waals surface area contributed by atoms with Crippen LogP contribution in [0.15, 0.2) is 24.8 Å². The van der Waals surface area contributed by atoms with Crippen LogP contribution < -0.4 is 10.6 Å². The lowest BCUT2D eigenvalue weighted by atomic mass is 10.2. The van der Waals surface area contributed by atoms with E-state index in [2.05, 4.69) is 25.9 Å². The predicted octanol–water partition coefficient (Wildman–Crippen LogP) is 0.573. The molecule has 1 unspecified atom stereocenters. The van der Waals surface area contributed by atoms with Gasteiger partial charge in [0.25, 0.3) is 0 Å². The molecule has 9 heteroatoms. The zero-order chi connectivity index (χ0) is 14.5. The number of aromatic nitrogens is 4. The molecular formula is C11H14N6O3. The van der Waals surface area contributed by atoms with E-state index in [9.17, 15) is 9.59 Å². The monoisotopic (exact) mass is 278 g/mol. The van der Waals surface area contributed by atoms with Gasteiger partial charge in [-0.25, -0.2) is 4.79 Å². The molecule has 0 saturated carbocycles. The molecule has 0 saturated heterocycles. The van der Waals surface area contributed by atoms with Gasteiger partial charge in [0, 0.05) is 18.0 Å². The number of H-pyrrole nitrogens is 1. The zero-order valence-electron chi connectivity index (χ0n) is 10.7. The summed E-state index contributed by atoms with van der Waals surface area (Å²) in [5, 5.41) is 24.2. The number of nitrogens with zero attached hydrogens (tertiary/aromatic N) is 3. The van der Waals surface area contributed by atoms with E-state index >= 15 is 0 Å². The first kappa shape index (κ1) is 13.6. The van der Waals surface area contributed by atoms with Crippen LogP contribution in [0.2, 0.25) is 0 Å². The number of urea groups is 1. The normalized spacial score (nSPS) is 11.8. The lowest BCUT2D eigenvalue weighted by Crippen LogP contribution is -2.30. The molecule has 2 amide bonds. The van der Waals surface area contributed by atoms with Crippen molar-refractivity contribution in [2.24, 2.45) is 0 Å². The first-order valence-corrected chi connectivity index (χ1v) is 5.85. The van der Waals surface area contributed by atoms with Gasteiger partial charge in [0.15, 0.2) is 0 Å².